The van der Waals surface area contributed by atoms with E-state index in [9.17, 15) is 16.8 Å². The monoisotopic (exact) mass is 497 g/mol. The molecule has 0 spiro atoms. The lowest BCUT2D eigenvalue weighted by Crippen LogP contribution is -2.38. The smallest absolute Gasteiger partial charge is 0.205 e. The summed E-state index contributed by atoms with van der Waals surface area (Å²) in [5.74, 6) is -0.571. The summed E-state index contributed by atoms with van der Waals surface area (Å²) in [7, 11) is -8.83. The van der Waals surface area contributed by atoms with Crippen molar-refractivity contribution in [2.45, 2.75) is 44.4 Å². The van der Waals surface area contributed by atoms with Crippen molar-refractivity contribution < 1.29 is 16.8 Å². The highest BCUT2D eigenvalue weighted by Gasteiger charge is 2.38. The molecule has 2 rings (SSSR count). The minimum absolute atomic E-state index is 0.0554. The number of rotatable bonds is 8. The number of hydrogen-bond donors (Lipinski definition) is 0. The van der Waals surface area contributed by atoms with E-state index in [1.165, 1.54) is 31.2 Å². The summed E-state index contributed by atoms with van der Waals surface area (Å²) in [6.07, 6.45) is 1.56. The molecule has 5 nitrogen and oxygen atoms in total. The zero-order chi connectivity index (χ0) is 22.0. The number of hydrogen-bond acceptors (Lipinski definition) is 4. The van der Waals surface area contributed by atoms with E-state index in [1.54, 1.807) is 12.1 Å². The average Bonchev–Trinajstić information content (AvgIpc) is 2.64. The highest BCUT2D eigenvalue weighted by molar-refractivity contribution is 8.10. The first kappa shape index (κ1) is 24.3. The second kappa shape index (κ2) is 9.43. The van der Waals surface area contributed by atoms with Gasteiger partial charge < -0.3 is 0 Å². The SMILES string of the molecule is CCC[C@@H](C)c1ccc(Cl)cc1S(=O)(=O)N(c1cc(Cl)ccc1Cl)S(=O)(=O)CC. The van der Waals surface area contributed by atoms with Gasteiger partial charge in [-0.1, -0.05) is 61.1 Å². The van der Waals surface area contributed by atoms with Crippen LogP contribution in [0.4, 0.5) is 5.69 Å². The summed E-state index contributed by atoms with van der Waals surface area (Å²) in [4.78, 5) is -0.168. The second-order valence-electron chi connectivity index (χ2n) is 6.57. The van der Waals surface area contributed by atoms with Crippen molar-refractivity contribution in [2.75, 3.05) is 9.46 Å². The minimum Gasteiger partial charge on any atom is -0.205 e. The summed E-state index contributed by atoms with van der Waals surface area (Å²) in [5.41, 5.74) is 0.265. The number of halogens is 3. The number of anilines is 1. The maximum Gasteiger partial charge on any atom is 0.277 e. The fraction of sp³-hybridized carbons (Fsp3) is 0.368. The summed E-state index contributed by atoms with van der Waals surface area (Å²) < 4.78 is 53.5. The molecular weight excluding hydrogens is 477 g/mol. The van der Waals surface area contributed by atoms with Crippen LogP contribution in [-0.2, 0) is 20.0 Å². The zero-order valence-corrected chi connectivity index (χ0v) is 20.1. The third-order valence-corrected chi connectivity index (χ3v) is 9.48. The molecule has 2 aromatic carbocycles. The van der Waals surface area contributed by atoms with Crippen LogP contribution < -0.4 is 3.71 Å². The Bertz CT molecular complexity index is 1100. The molecular formula is C19H22Cl3NO4S2. The van der Waals surface area contributed by atoms with Crippen LogP contribution in [0.2, 0.25) is 15.1 Å². The van der Waals surface area contributed by atoms with Crippen LogP contribution in [0.15, 0.2) is 41.3 Å². The summed E-state index contributed by atoms with van der Waals surface area (Å²) >= 11 is 18.3. The van der Waals surface area contributed by atoms with E-state index in [2.05, 4.69) is 0 Å². The Morgan fingerprint density at radius 1 is 0.931 bits per heavy atom. The molecule has 0 saturated heterocycles. The molecule has 2 aromatic rings. The molecule has 10 heteroatoms. The van der Waals surface area contributed by atoms with Crippen LogP contribution in [-0.4, -0.2) is 22.6 Å². The van der Waals surface area contributed by atoms with Gasteiger partial charge in [0.25, 0.3) is 10.0 Å². The quantitative estimate of drug-likeness (QED) is 0.441. The van der Waals surface area contributed by atoms with E-state index < -0.39 is 25.8 Å². The van der Waals surface area contributed by atoms with Gasteiger partial charge in [0.2, 0.25) is 10.0 Å². The molecule has 0 radical (unpaired) electrons. The van der Waals surface area contributed by atoms with Crippen LogP contribution in [0.25, 0.3) is 0 Å². The van der Waals surface area contributed by atoms with Crippen LogP contribution in [0.3, 0.4) is 0 Å². The van der Waals surface area contributed by atoms with Crippen molar-refractivity contribution in [3.8, 4) is 0 Å². The number of benzene rings is 2. The van der Waals surface area contributed by atoms with Gasteiger partial charge >= 0.3 is 0 Å². The second-order valence-corrected chi connectivity index (χ2v) is 11.9. The summed E-state index contributed by atoms with van der Waals surface area (Å²) in [5, 5.41) is 0.281. The lowest BCUT2D eigenvalue weighted by Gasteiger charge is -2.26. The molecule has 0 unspecified atom stereocenters. The summed E-state index contributed by atoms with van der Waals surface area (Å²) in [6.45, 7) is 5.23. The summed E-state index contributed by atoms with van der Waals surface area (Å²) in [6, 6.07) is 8.50. The van der Waals surface area contributed by atoms with Gasteiger partial charge in [0.05, 0.1) is 21.4 Å². The molecule has 0 bridgehead atoms. The zero-order valence-electron chi connectivity index (χ0n) is 16.2. The van der Waals surface area contributed by atoms with Gasteiger partial charge in [-0.05, 0) is 55.2 Å². The molecule has 0 aromatic heterocycles. The molecule has 29 heavy (non-hydrogen) atoms. The van der Waals surface area contributed by atoms with Crippen molar-refractivity contribution in [1.29, 1.82) is 0 Å². The molecule has 160 valence electrons. The number of sulfonamides is 2. The predicted molar refractivity (Wildman–Crippen MR) is 120 cm³/mol. The molecule has 0 heterocycles. The molecule has 0 N–H and O–H groups in total. The third kappa shape index (κ3) is 5.20. The lowest BCUT2D eigenvalue weighted by atomic mass is 9.97. The molecule has 0 saturated carbocycles. The fourth-order valence-electron chi connectivity index (χ4n) is 2.99. The molecule has 0 fully saturated rings. The van der Waals surface area contributed by atoms with E-state index in [4.69, 9.17) is 34.8 Å². The predicted octanol–water partition coefficient (Wildman–Crippen LogP) is 6.10. The fourth-order valence-corrected chi connectivity index (χ4v) is 7.56. The lowest BCUT2D eigenvalue weighted by molar-refractivity contribution is 0.581. The van der Waals surface area contributed by atoms with E-state index in [-0.39, 0.29) is 31.6 Å². The first-order valence-corrected chi connectivity index (χ1v) is 13.2. The standard InChI is InChI=1S/C19H22Cl3NO4S2/c1-4-6-13(3)16-9-7-15(21)12-19(16)29(26,27)23(28(24,25)5-2)18-11-14(20)8-10-17(18)22/h7-13H,4-6H2,1-3H3/t13-/m1/s1. The van der Waals surface area contributed by atoms with Crippen molar-refractivity contribution in [3.63, 3.8) is 0 Å². The Balaban J connectivity index is 2.85. The van der Waals surface area contributed by atoms with Crippen molar-refractivity contribution >= 4 is 60.5 Å². The Morgan fingerprint density at radius 3 is 2.10 bits per heavy atom. The third-order valence-electron chi connectivity index (χ3n) is 4.45. The van der Waals surface area contributed by atoms with Gasteiger partial charge in [-0.3, -0.25) is 0 Å². The Morgan fingerprint density at radius 2 is 1.52 bits per heavy atom. The molecule has 0 aliphatic carbocycles. The van der Waals surface area contributed by atoms with E-state index >= 15 is 0 Å². The average molecular weight is 499 g/mol. The van der Waals surface area contributed by atoms with Crippen molar-refractivity contribution in [2.24, 2.45) is 0 Å². The van der Waals surface area contributed by atoms with Gasteiger partial charge in [-0.15, -0.1) is 0 Å². The first-order valence-electron chi connectivity index (χ1n) is 8.98. The van der Waals surface area contributed by atoms with Crippen molar-refractivity contribution in [1.82, 2.24) is 0 Å². The van der Waals surface area contributed by atoms with Gasteiger partial charge in [-0.2, -0.15) is 3.71 Å². The Labute approximate surface area is 187 Å². The van der Waals surface area contributed by atoms with Crippen LogP contribution in [0, 0.1) is 0 Å². The molecule has 0 aliphatic heterocycles. The Kier molecular flexibility index (Phi) is 7.90. The van der Waals surface area contributed by atoms with E-state index in [0.717, 1.165) is 12.8 Å². The van der Waals surface area contributed by atoms with Gasteiger partial charge in [0.1, 0.15) is 0 Å². The van der Waals surface area contributed by atoms with Gasteiger partial charge in [0, 0.05) is 10.0 Å². The van der Waals surface area contributed by atoms with E-state index in [0.29, 0.717) is 9.27 Å². The minimum atomic E-state index is -4.56. The maximum absolute atomic E-state index is 13.7. The maximum atomic E-state index is 13.7. The largest absolute Gasteiger partial charge is 0.277 e. The van der Waals surface area contributed by atoms with Crippen LogP contribution in [0.5, 0.6) is 0 Å². The van der Waals surface area contributed by atoms with E-state index in [1.807, 2.05) is 13.8 Å². The first-order chi connectivity index (χ1) is 13.5. The molecule has 0 aliphatic rings. The van der Waals surface area contributed by atoms with Gasteiger partial charge in [0.15, 0.2) is 0 Å². The molecule has 1 atom stereocenters. The topological polar surface area (TPSA) is 71.5 Å². The van der Waals surface area contributed by atoms with Crippen LogP contribution >= 0.6 is 34.8 Å². The van der Waals surface area contributed by atoms with Gasteiger partial charge in [-0.25, -0.2) is 16.8 Å². The number of nitrogens with zero attached hydrogens (tertiary/aromatic N) is 1. The highest BCUT2D eigenvalue weighted by Crippen LogP contribution is 2.38. The normalized spacial score (nSPS) is 13.3. The highest BCUT2D eigenvalue weighted by atomic mass is 35.5. The Hall–Kier alpha value is -0.990. The van der Waals surface area contributed by atoms with Crippen LogP contribution in [0.1, 0.15) is 45.1 Å². The molecule has 0 amide bonds. The van der Waals surface area contributed by atoms with Crippen molar-refractivity contribution in [3.05, 3.63) is 57.0 Å².